The molecular weight excluding hydrogens is 439 g/mol. The van der Waals surface area contributed by atoms with Crippen molar-refractivity contribution in [3.05, 3.63) is 64.1 Å². The SMILES string of the molecule is CC(C)NC(=O)[C@H](C)N(Cc1cccc(Cl)c1)C(=O)CCCSc1ccc(Cl)cc1. The van der Waals surface area contributed by atoms with Crippen molar-refractivity contribution in [1.29, 1.82) is 0 Å². The first-order valence-electron chi connectivity index (χ1n) is 9.99. The maximum absolute atomic E-state index is 13.0. The third kappa shape index (κ3) is 8.21. The van der Waals surface area contributed by atoms with E-state index >= 15 is 0 Å². The van der Waals surface area contributed by atoms with Crippen LogP contribution >= 0.6 is 35.0 Å². The summed E-state index contributed by atoms with van der Waals surface area (Å²) in [6.07, 6.45) is 1.09. The summed E-state index contributed by atoms with van der Waals surface area (Å²) < 4.78 is 0. The number of nitrogens with zero attached hydrogens (tertiary/aromatic N) is 1. The number of thioether (sulfide) groups is 1. The highest BCUT2D eigenvalue weighted by Gasteiger charge is 2.26. The summed E-state index contributed by atoms with van der Waals surface area (Å²) in [6, 6.07) is 14.5. The van der Waals surface area contributed by atoms with E-state index in [-0.39, 0.29) is 17.9 Å². The zero-order valence-corrected chi connectivity index (χ0v) is 19.9. The van der Waals surface area contributed by atoms with Gasteiger partial charge in [0.05, 0.1) is 0 Å². The van der Waals surface area contributed by atoms with Crippen LogP contribution in [-0.4, -0.2) is 34.6 Å². The molecule has 0 heterocycles. The van der Waals surface area contributed by atoms with Crippen LogP contribution in [-0.2, 0) is 16.1 Å². The first-order chi connectivity index (χ1) is 14.3. The molecule has 0 saturated heterocycles. The van der Waals surface area contributed by atoms with Gasteiger partial charge in [-0.25, -0.2) is 0 Å². The predicted molar refractivity (Wildman–Crippen MR) is 126 cm³/mol. The van der Waals surface area contributed by atoms with Crippen LogP contribution < -0.4 is 5.32 Å². The first-order valence-corrected chi connectivity index (χ1v) is 11.7. The Morgan fingerprint density at radius 3 is 2.37 bits per heavy atom. The van der Waals surface area contributed by atoms with Crippen LogP contribution in [0.5, 0.6) is 0 Å². The fourth-order valence-electron chi connectivity index (χ4n) is 2.91. The van der Waals surface area contributed by atoms with Crippen LogP contribution in [0.2, 0.25) is 10.0 Å². The van der Waals surface area contributed by atoms with Crippen molar-refractivity contribution in [2.24, 2.45) is 0 Å². The molecule has 4 nitrogen and oxygen atoms in total. The molecule has 7 heteroatoms. The number of nitrogens with one attached hydrogen (secondary N) is 1. The first kappa shape index (κ1) is 24.6. The minimum atomic E-state index is -0.567. The van der Waals surface area contributed by atoms with E-state index in [1.54, 1.807) is 29.7 Å². The molecule has 0 saturated carbocycles. The van der Waals surface area contributed by atoms with Crippen LogP contribution in [0.1, 0.15) is 39.2 Å². The van der Waals surface area contributed by atoms with Crippen molar-refractivity contribution in [2.75, 3.05) is 5.75 Å². The number of carbonyl (C=O) groups excluding carboxylic acids is 2. The molecule has 30 heavy (non-hydrogen) atoms. The number of amides is 2. The second-order valence-electron chi connectivity index (χ2n) is 7.40. The van der Waals surface area contributed by atoms with Gasteiger partial charge in [0.25, 0.3) is 0 Å². The van der Waals surface area contributed by atoms with E-state index in [4.69, 9.17) is 23.2 Å². The molecule has 0 radical (unpaired) electrons. The highest BCUT2D eigenvalue weighted by atomic mass is 35.5. The molecule has 0 aromatic heterocycles. The summed E-state index contributed by atoms with van der Waals surface area (Å²) >= 11 is 13.7. The Bertz CT molecular complexity index is 843. The number of benzene rings is 2. The fourth-order valence-corrected chi connectivity index (χ4v) is 4.10. The summed E-state index contributed by atoms with van der Waals surface area (Å²) in [5.41, 5.74) is 0.899. The molecule has 0 aliphatic rings. The molecule has 0 unspecified atom stereocenters. The van der Waals surface area contributed by atoms with Crippen molar-refractivity contribution in [3.8, 4) is 0 Å². The minimum absolute atomic E-state index is 0.0128. The van der Waals surface area contributed by atoms with E-state index in [0.717, 1.165) is 22.6 Å². The van der Waals surface area contributed by atoms with Crippen molar-refractivity contribution in [2.45, 2.75) is 57.1 Å². The second-order valence-corrected chi connectivity index (χ2v) is 9.44. The number of rotatable bonds is 10. The van der Waals surface area contributed by atoms with E-state index in [1.807, 2.05) is 56.3 Å². The summed E-state index contributed by atoms with van der Waals surface area (Å²) in [6.45, 7) is 5.92. The Kier molecular flexibility index (Phi) is 10.0. The van der Waals surface area contributed by atoms with Crippen molar-refractivity contribution in [3.63, 3.8) is 0 Å². The normalized spacial score (nSPS) is 11.9. The van der Waals surface area contributed by atoms with Crippen LogP contribution in [0, 0.1) is 0 Å². The van der Waals surface area contributed by atoms with Crippen LogP contribution in [0.4, 0.5) is 0 Å². The Balaban J connectivity index is 1.99. The molecular formula is C23H28Cl2N2O2S. The summed E-state index contributed by atoms with van der Waals surface area (Å²) in [5.74, 6) is 0.610. The van der Waals surface area contributed by atoms with Gasteiger partial charge in [0, 0.05) is 33.9 Å². The molecule has 0 aliphatic carbocycles. The minimum Gasteiger partial charge on any atom is -0.352 e. The standard InChI is InChI=1S/C23H28Cl2N2O2S/c1-16(2)26-23(29)17(3)27(15-18-6-4-7-20(25)14-18)22(28)8-5-13-30-21-11-9-19(24)10-12-21/h4,6-7,9-12,14,16-17H,5,8,13,15H2,1-3H3,(H,26,29)/t17-/m0/s1. The zero-order chi connectivity index (χ0) is 22.1. The van der Waals surface area contributed by atoms with Gasteiger partial charge in [0.1, 0.15) is 6.04 Å². The predicted octanol–water partition coefficient (Wildman–Crippen LogP) is 5.81. The lowest BCUT2D eigenvalue weighted by Gasteiger charge is -2.29. The molecule has 2 rings (SSSR count). The molecule has 0 spiro atoms. The Hall–Kier alpha value is -1.69. The van der Waals surface area contributed by atoms with Crippen LogP contribution in [0.3, 0.4) is 0 Å². The van der Waals surface area contributed by atoms with Gasteiger partial charge >= 0.3 is 0 Å². The van der Waals surface area contributed by atoms with Gasteiger partial charge in [0.2, 0.25) is 11.8 Å². The van der Waals surface area contributed by atoms with E-state index in [9.17, 15) is 9.59 Å². The maximum Gasteiger partial charge on any atom is 0.242 e. The van der Waals surface area contributed by atoms with Crippen molar-refractivity contribution < 1.29 is 9.59 Å². The molecule has 0 fully saturated rings. The molecule has 2 amide bonds. The molecule has 0 bridgehead atoms. The highest BCUT2D eigenvalue weighted by Crippen LogP contribution is 2.22. The molecule has 162 valence electrons. The monoisotopic (exact) mass is 466 g/mol. The third-order valence-corrected chi connectivity index (χ3v) is 6.04. The smallest absolute Gasteiger partial charge is 0.242 e. The fraction of sp³-hybridized carbons (Fsp3) is 0.391. The number of carbonyl (C=O) groups is 2. The number of hydrogen-bond acceptors (Lipinski definition) is 3. The average Bonchev–Trinajstić information content (AvgIpc) is 2.69. The largest absolute Gasteiger partial charge is 0.352 e. The second kappa shape index (κ2) is 12.2. The summed E-state index contributed by atoms with van der Waals surface area (Å²) in [5, 5.41) is 4.21. The lowest BCUT2D eigenvalue weighted by Crippen LogP contribution is -2.49. The Morgan fingerprint density at radius 1 is 1.03 bits per heavy atom. The topological polar surface area (TPSA) is 49.4 Å². The Morgan fingerprint density at radius 2 is 1.73 bits per heavy atom. The van der Waals surface area contributed by atoms with E-state index < -0.39 is 6.04 Å². The molecule has 0 aliphatic heterocycles. The van der Waals surface area contributed by atoms with E-state index in [2.05, 4.69) is 5.32 Å². The summed E-state index contributed by atoms with van der Waals surface area (Å²) in [7, 11) is 0. The molecule has 2 aromatic carbocycles. The third-order valence-electron chi connectivity index (χ3n) is 4.46. The maximum atomic E-state index is 13.0. The lowest BCUT2D eigenvalue weighted by atomic mass is 10.1. The van der Waals surface area contributed by atoms with Gasteiger partial charge in [0.15, 0.2) is 0 Å². The average molecular weight is 467 g/mol. The number of hydrogen-bond donors (Lipinski definition) is 1. The highest BCUT2D eigenvalue weighted by molar-refractivity contribution is 7.99. The molecule has 1 atom stereocenters. The van der Waals surface area contributed by atoms with Gasteiger partial charge in [-0.3, -0.25) is 9.59 Å². The van der Waals surface area contributed by atoms with Gasteiger partial charge < -0.3 is 10.2 Å². The number of halogens is 2. The quantitative estimate of drug-likeness (QED) is 0.355. The van der Waals surface area contributed by atoms with E-state index in [0.29, 0.717) is 23.0 Å². The molecule has 1 N–H and O–H groups in total. The zero-order valence-electron chi connectivity index (χ0n) is 17.5. The Labute approximate surface area is 193 Å². The van der Waals surface area contributed by atoms with Crippen molar-refractivity contribution >= 4 is 46.8 Å². The van der Waals surface area contributed by atoms with E-state index in [1.165, 1.54) is 0 Å². The van der Waals surface area contributed by atoms with Gasteiger partial charge in [-0.05, 0) is 74.9 Å². The summed E-state index contributed by atoms with van der Waals surface area (Å²) in [4.78, 5) is 28.3. The van der Waals surface area contributed by atoms with Crippen LogP contribution in [0.15, 0.2) is 53.4 Å². The van der Waals surface area contributed by atoms with Crippen molar-refractivity contribution in [1.82, 2.24) is 10.2 Å². The van der Waals surface area contributed by atoms with Gasteiger partial charge in [-0.2, -0.15) is 0 Å². The van der Waals surface area contributed by atoms with Crippen LogP contribution in [0.25, 0.3) is 0 Å². The lowest BCUT2D eigenvalue weighted by molar-refractivity contribution is -0.140. The van der Waals surface area contributed by atoms with Gasteiger partial charge in [-0.15, -0.1) is 11.8 Å². The van der Waals surface area contributed by atoms with Gasteiger partial charge in [-0.1, -0.05) is 35.3 Å². The molecule has 2 aromatic rings.